The van der Waals surface area contributed by atoms with Crippen molar-refractivity contribution in [3.63, 3.8) is 0 Å². The molecule has 0 aliphatic heterocycles. The maximum atomic E-state index is 2.43. The standard InChI is InChI=1S/C18H26/c1-12-13(2)15(4)18(7,16-10-8-9-11-16)17(5,6)14(12)3/h8-10H,11H2,1-7H3. The molecule has 0 heterocycles. The SMILES string of the molecule is CC1=C(C)C(C)(C)C(C)(C2=CC=CC2)C(C)=C1C. The molecule has 18 heavy (non-hydrogen) atoms. The Balaban J connectivity index is 2.68. The summed E-state index contributed by atoms with van der Waals surface area (Å²) in [4.78, 5) is 0. The van der Waals surface area contributed by atoms with Crippen LogP contribution in [0, 0.1) is 10.8 Å². The van der Waals surface area contributed by atoms with E-state index < -0.39 is 0 Å². The molecule has 0 radical (unpaired) electrons. The van der Waals surface area contributed by atoms with Crippen LogP contribution < -0.4 is 0 Å². The van der Waals surface area contributed by atoms with Crippen LogP contribution in [0.15, 0.2) is 46.1 Å². The highest BCUT2D eigenvalue weighted by Gasteiger charge is 2.49. The van der Waals surface area contributed by atoms with Gasteiger partial charge >= 0.3 is 0 Å². The summed E-state index contributed by atoms with van der Waals surface area (Å²) in [6.45, 7) is 16.4. The Bertz CT molecular complexity index is 506. The zero-order chi connectivity index (χ0) is 13.7. The van der Waals surface area contributed by atoms with Crippen LogP contribution in [0.5, 0.6) is 0 Å². The summed E-state index contributed by atoms with van der Waals surface area (Å²) < 4.78 is 0. The molecule has 0 spiro atoms. The normalized spacial score (nSPS) is 31.2. The molecule has 0 bridgehead atoms. The molecule has 0 aromatic heterocycles. The number of hydrogen-bond donors (Lipinski definition) is 0. The first kappa shape index (κ1) is 13.4. The third-order valence-electron chi connectivity index (χ3n) is 6.04. The molecular weight excluding hydrogens is 216 g/mol. The highest BCUT2D eigenvalue weighted by atomic mass is 14.5. The van der Waals surface area contributed by atoms with Crippen LogP contribution in [0.25, 0.3) is 0 Å². The summed E-state index contributed by atoms with van der Waals surface area (Å²) in [5.74, 6) is 0. The maximum absolute atomic E-state index is 2.43. The van der Waals surface area contributed by atoms with Crippen LogP contribution in [-0.4, -0.2) is 0 Å². The number of rotatable bonds is 1. The van der Waals surface area contributed by atoms with E-state index in [-0.39, 0.29) is 10.8 Å². The first-order chi connectivity index (χ1) is 8.24. The zero-order valence-corrected chi connectivity index (χ0v) is 12.9. The van der Waals surface area contributed by atoms with E-state index >= 15 is 0 Å². The van der Waals surface area contributed by atoms with Gasteiger partial charge < -0.3 is 0 Å². The third kappa shape index (κ3) is 1.44. The Kier molecular flexibility index (Phi) is 2.96. The monoisotopic (exact) mass is 242 g/mol. The van der Waals surface area contributed by atoms with Crippen LogP contribution in [0.2, 0.25) is 0 Å². The van der Waals surface area contributed by atoms with Crippen LogP contribution in [-0.2, 0) is 0 Å². The van der Waals surface area contributed by atoms with Gasteiger partial charge in [-0.15, -0.1) is 0 Å². The molecule has 0 heteroatoms. The molecule has 2 aliphatic rings. The summed E-state index contributed by atoms with van der Waals surface area (Å²) >= 11 is 0. The second-order valence-electron chi connectivity index (χ2n) is 6.57. The lowest BCUT2D eigenvalue weighted by molar-refractivity contribution is 0.208. The van der Waals surface area contributed by atoms with Gasteiger partial charge in [-0.1, -0.05) is 55.7 Å². The fourth-order valence-electron chi connectivity index (χ4n) is 3.71. The predicted octanol–water partition coefficient (Wildman–Crippen LogP) is 5.59. The molecule has 2 rings (SSSR count). The molecule has 1 atom stereocenters. The van der Waals surface area contributed by atoms with Crippen molar-refractivity contribution in [2.45, 2.75) is 54.9 Å². The van der Waals surface area contributed by atoms with E-state index in [1.54, 1.807) is 16.7 Å². The van der Waals surface area contributed by atoms with Gasteiger partial charge in [0.1, 0.15) is 0 Å². The van der Waals surface area contributed by atoms with Gasteiger partial charge in [-0.3, -0.25) is 0 Å². The quantitative estimate of drug-likeness (QED) is 0.562. The van der Waals surface area contributed by atoms with Crippen molar-refractivity contribution >= 4 is 0 Å². The summed E-state index contributed by atoms with van der Waals surface area (Å²) in [6.07, 6.45) is 7.92. The van der Waals surface area contributed by atoms with Crippen molar-refractivity contribution in [2.24, 2.45) is 10.8 Å². The molecule has 0 amide bonds. The van der Waals surface area contributed by atoms with Crippen LogP contribution in [0.4, 0.5) is 0 Å². The van der Waals surface area contributed by atoms with Crippen molar-refractivity contribution in [3.8, 4) is 0 Å². The van der Waals surface area contributed by atoms with Gasteiger partial charge in [0.15, 0.2) is 0 Å². The second kappa shape index (κ2) is 3.98. The van der Waals surface area contributed by atoms with Gasteiger partial charge in [0, 0.05) is 5.41 Å². The highest BCUT2D eigenvalue weighted by molar-refractivity contribution is 5.52. The van der Waals surface area contributed by atoms with Gasteiger partial charge in [-0.05, 0) is 50.7 Å². The van der Waals surface area contributed by atoms with Gasteiger partial charge in [-0.25, -0.2) is 0 Å². The Morgan fingerprint density at radius 2 is 1.44 bits per heavy atom. The summed E-state index contributed by atoms with van der Waals surface area (Å²) in [6, 6.07) is 0. The Morgan fingerprint density at radius 3 is 1.94 bits per heavy atom. The lowest BCUT2D eigenvalue weighted by atomic mass is 9.52. The Hall–Kier alpha value is -1.04. The molecule has 0 fully saturated rings. The fraction of sp³-hybridized carbons (Fsp3) is 0.556. The van der Waals surface area contributed by atoms with Crippen molar-refractivity contribution in [2.75, 3.05) is 0 Å². The average Bonchev–Trinajstić information content (AvgIpc) is 2.86. The third-order valence-corrected chi connectivity index (χ3v) is 6.04. The number of allylic oxidation sites excluding steroid dienone is 8. The van der Waals surface area contributed by atoms with E-state index in [4.69, 9.17) is 0 Å². The van der Waals surface area contributed by atoms with Crippen molar-refractivity contribution in [1.82, 2.24) is 0 Å². The minimum absolute atomic E-state index is 0.157. The average molecular weight is 242 g/mol. The van der Waals surface area contributed by atoms with Crippen LogP contribution in [0.3, 0.4) is 0 Å². The molecule has 2 aliphatic carbocycles. The Labute approximate surface area is 112 Å². The van der Waals surface area contributed by atoms with Crippen molar-refractivity contribution < 1.29 is 0 Å². The van der Waals surface area contributed by atoms with E-state index in [1.807, 2.05) is 0 Å². The zero-order valence-electron chi connectivity index (χ0n) is 12.9. The maximum Gasteiger partial charge on any atom is 0.0190 e. The van der Waals surface area contributed by atoms with Crippen LogP contribution in [0.1, 0.15) is 54.9 Å². The molecule has 0 aromatic carbocycles. The summed E-state index contributed by atoms with van der Waals surface area (Å²) in [5.41, 5.74) is 7.98. The second-order valence-corrected chi connectivity index (χ2v) is 6.57. The van der Waals surface area contributed by atoms with Crippen molar-refractivity contribution in [3.05, 3.63) is 46.1 Å². The molecule has 0 saturated heterocycles. The van der Waals surface area contributed by atoms with Crippen molar-refractivity contribution in [1.29, 1.82) is 0 Å². The van der Waals surface area contributed by atoms with E-state index in [9.17, 15) is 0 Å². The fourth-order valence-corrected chi connectivity index (χ4v) is 3.71. The minimum Gasteiger partial charge on any atom is -0.0804 e. The first-order valence-electron chi connectivity index (χ1n) is 6.97. The largest absolute Gasteiger partial charge is 0.0804 e. The predicted molar refractivity (Wildman–Crippen MR) is 80.5 cm³/mol. The molecule has 0 N–H and O–H groups in total. The molecular formula is C18H26. The van der Waals surface area contributed by atoms with E-state index in [0.717, 1.165) is 6.42 Å². The van der Waals surface area contributed by atoms with Gasteiger partial charge in [-0.2, -0.15) is 0 Å². The number of hydrogen-bond acceptors (Lipinski definition) is 0. The molecule has 98 valence electrons. The lowest BCUT2D eigenvalue weighted by Gasteiger charge is -2.52. The van der Waals surface area contributed by atoms with Gasteiger partial charge in [0.05, 0.1) is 0 Å². The lowest BCUT2D eigenvalue weighted by Crippen LogP contribution is -2.42. The van der Waals surface area contributed by atoms with E-state index in [1.165, 1.54) is 11.1 Å². The van der Waals surface area contributed by atoms with E-state index in [0.29, 0.717) is 0 Å². The van der Waals surface area contributed by atoms with Gasteiger partial charge in [0.2, 0.25) is 0 Å². The minimum atomic E-state index is 0.157. The Morgan fingerprint density at radius 1 is 0.889 bits per heavy atom. The topological polar surface area (TPSA) is 0 Å². The highest BCUT2D eigenvalue weighted by Crippen LogP contribution is 2.59. The first-order valence-corrected chi connectivity index (χ1v) is 6.97. The molecule has 0 saturated carbocycles. The molecule has 0 nitrogen and oxygen atoms in total. The molecule has 0 aromatic rings. The molecule has 1 unspecified atom stereocenters. The van der Waals surface area contributed by atoms with Crippen LogP contribution >= 0.6 is 0 Å². The van der Waals surface area contributed by atoms with Gasteiger partial charge in [0.25, 0.3) is 0 Å². The summed E-state index contributed by atoms with van der Waals surface area (Å²) in [5, 5.41) is 0. The summed E-state index contributed by atoms with van der Waals surface area (Å²) in [7, 11) is 0. The van der Waals surface area contributed by atoms with E-state index in [2.05, 4.69) is 66.7 Å². The smallest absolute Gasteiger partial charge is 0.0190 e.